The molecule has 230 valence electrons. The molecule has 0 saturated heterocycles. The Hall–Kier alpha value is -3.92. The smallest absolute Gasteiger partial charge is 0.264 e. The lowest BCUT2D eigenvalue weighted by Gasteiger charge is -2.34. The molecule has 0 heterocycles. The van der Waals surface area contributed by atoms with E-state index in [9.17, 15) is 22.4 Å². The maximum atomic E-state index is 14.4. The Balaban J connectivity index is 1.81. The molecule has 0 fully saturated rings. The number of anilines is 1. The number of amides is 2. The molecule has 0 saturated carbocycles. The van der Waals surface area contributed by atoms with E-state index in [0.29, 0.717) is 22.2 Å². The number of benzene rings is 4. The second-order valence-corrected chi connectivity index (χ2v) is 12.9. The second-order valence-electron chi connectivity index (χ2n) is 10.2. The van der Waals surface area contributed by atoms with Crippen LogP contribution in [0, 0.1) is 12.7 Å². The van der Waals surface area contributed by atoms with Gasteiger partial charge in [0, 0.05) is 29.6 Å². The minimum atomic E-state index is -4.34. The summed E-state index contributed by atoms with van der Waals surface area (Å²) in [5.74, 6) is -1.65. The van der Waals surface area contributed by atoms with Crippen molar-refractivity contribution in [2.45, 2.75) is 37.8 Å². The Morgan fingerprint density at radius 1 is 0.909 bits per heavy atom. The van der Waals surface area contributed by atoms with Crippen LogP contribution in [0.25, 0.3) is 0 Å². The summed E-state index contributed by atoms with van der Waals surface area (Å²) in [6.45, 7) is 3.21. The molecule has 0 radical (unpaired) electrons. The minimum Gasteiger partial charge on any atom is -0.355 e. The molecule has 4 aromatic carbocycles. The Bertz CT molecular complexity index is 1700. The van der Waals surface area contributed by atoms with Crippen LogP contribution in [-0.4, -0.2) is 44.3 Å². The van der Waals surface area contributed by atoms with Gasteiger partial charge in [0.1, 0.15) is 18.4 Å². The van der Waals surface area contributed by atoms with Crippen molar-refractivity contribution in [1.29, 1.82) is 0 Å². The molecule has 0 aromatic heterocycles. The number of nitrogens with zero attached hydrogens (tertiary/aromatic N) is 2. The van der Waals surface area contributed by atoms with Crippen molar-refractivity contribution in [3.63, 3.8) is 0 Å². The van der Waals surface area contributed by atoms with Crippen LogP contribution in [-0.2, 0) is 32.6 Å². The Labute approximate surface area is 267 Å². The molecule has 0 spiro atoms. The van der Waals surface area contributed by atoms with Crippen LogP contribution in [0.3, 0.4) is 0 Å². The van der Waals surface area contributed by atoms with Crippen LogP contribution < -0.4 is 9.62 Å². The highest BCUT2D eigenvalue weighted by Crippen LogP contribution is 2.27. The van der Waals surface area contributed by atoms with Crippen LogP contribution in [0.2, 0.25) is 10.0 Å². The lowest BCUT2D eigenvalue weighted by Crippen LogP contribution is -2.53. The van der Waals surface area contributed by atoms with Gasteiger partial charge in [-0.1, -0.05) is 77.3 Å². The van der Waals surface area contributed by atoms with Crippen LogP contribution in [0.4, 0.5) is 10.1 Å². The minimum absolute atomic E-state index is 0.0954. The Morgan fingerprint density at radius 2 is 1.57 bits per heavy atom. The summed E-state index contributed by atoms with van der Waals surface area (Å²) in [6, 6.07) is 24.1. The first-order valence-electron chi connectivity index (χ1n) is 13.9. The van der Waals surface area contributed by atoms with Gasteiger partial charge in [-0.05, 0) is 73.5 Å². The number of carbonyl (C=O) groups is 2. The quantitative estimate of drug-likeness (QED) is 0.191. The summed E-state index contributed by atoms with van der Waals surface area (Å²) in [5.41, 5.74) is 2.45. The fourth-order valence-corrected chi connectivity index (χ4v) is 6.54. The number of carbonyl (C=O) groups excluding carboxylic acids is 2. The molecule has 44 heavy (non-hydrogen) atoms. The van der Waals surface area contributed by atoms with E-state index in [-0.39, 0.29) is 23.5 Å². The van der Waals surface area contributed by atoms with E-state index in [1.54, 1.807) is 43.3 Å². The van der Waals surface area contributed by atoms with E-state index in [2.05, 4.69) is 5.32 Å². The number of nitrogens with one attached hydrogen (secondary N) is 1. The molecule has 1 unspecified atom stereocenters. The third kappa shape index (κ3) is 8.16. The molecule has 11 heteroatoms. The molecule has 0 bridgehead atoms. The molecule has 1 atom stereocenters. The van der Waals surface area contributed by atoms with Gasteiger partial charge in [-0.25, -0.2) is 12.8 Å². The van der Waals surface area contributed by atoms with Gasteiger partial charge in [0.25, 0.3) is 10.0 Å². The third-order valence-corrected chi connectivity index (χ3v) is 9.36. The lowest BCUT2D eigenvalue weighted by atomic mass is 10.0. The predicted octanol–water partition coefficient (Wildman–Crippen LogP) is 6.41. The molecule has 4 aromatic rings. The van der Waals surface area contributed by atoms with Crippen molar-refractivity contribution >= 4 is 50.7 Å². The van der Waals surface area contributed by atoms with E-state index in [0.717, 1.165) is 39.7 Å². The second kappa shape index (κ2) is 14.7. The van der Waals surface area contributed by atoms with Crippen LogP contribution in [0.1, 0.15) is 23.6 Å². The van der Waals surface area contributed by atoms with Crippen LogP contribution in [0.15, 0.2) is 102 Å². The number of hydrogen-bond donors (Lipinski definition) is 1. The van der Waals surface area contributed by atoms with E-state index in [1.165, 1.54) is 11.0 Å². The van der Waals surface area contributed by atoms with Gasteiger partial charge in [-0.2, -0.15) is 0 Å². The van der Waals surface area contributed by atoms with Gasteiger partial charge in [0.2, 0.25) is 11.8 Å². The number of aryl methyl sites for hydroxylation is 1. The van der Waals surface area contributed by atoms with Crippen molar-refractivity contribution in [2.24, 2.45) is 0 Å². The molecular weight excluding hydrogens is 624 g/mol. The maximum absolute atomic E-state index is 14.4. The topological polar surface area (TPSA) is 86.8 Å². The summed E-state index contributed by atoms with van der Waals surface area (Å²) < 4.78 is 42.6. The average molecular weight is 657 g/mol. The molecule has 7 nitrogen and oxygen atoms in total. The van der Waals surface area contributed by atoms with E-state index >= 15 is 0 Å². The standard InChI is InChI=1S/C33H32Cl2FN3O4S/c1-3-37-33(41)31(19-24-7-5-4-6-8-24)38(21-25-11-12-26(34)20-30(25)35)32(40)22-39(28-15-9-23(2)10-16-28)44(42,43)29-17-13-27(36)14-18-29/h4-18,20,31H,3,19,21-22H2,1-2H3,(H,37,41). The van der Waals surface area contributed by atoms with E-state index < -0.39 is 40.2 Å². The van der Waals surface area contributed by atoms with Gasteiger partial charge in [0.05, 0.1) is 10.6 Å². The van der Waals surface area contributed by atoms with Gasteiger partial charge in [0.15, 0.2) is 0 Å². The summed E-state index contributed by atoms with van der Waals surface area (Å²) in [7, 11) is -4.34. The summed E-state index contributed by atoms with van der Waals surface area (Å²) >= 11 is 12.6. The first kappa shape index (κ1) is 33.0. The summed E-state index contributed by atoms with van der Waals surface area (Å²) in [4.78, 5) is 29.1. The van der Waals surface area contributed by atoms with Crippen molar-refractivity contribution in [3.05, 3.63) is 130 Å². The maximum Gasteiger partial charge on any atom is 0.264 e. The van der Waals surface area contributed by atoms with Gasteiger partial charge < -0.3 is 10.2 Å². The fraction of sp³-hybridized carbons (Fsp3) is 0.212. The number of hydrogen-bond acceptors (Lipinski definition) is 4. The van der Waals surface area contributed by atoms with Gasteiger partial charge >= 0.3 is 0 Å². The summed E-state index contributed by atoms with van der Waals surface area (Å²) in [6.07, 6.45) is 0.166. The fourth-order valence-electron chi connectivity index (χ4n) is 4.65. The molecule has 4 rings (SSSR count). The zero-order chi connectivity index (χ0) is 31.9. The predicted molar refractivity (Wildman–Crippen MR) is 172 cm³/mol. The first-order chi connectivity index (χ1) is 21.0. The highest BCUT2D eigenvalue weighted by Gasteiger charge is 2.34. The molecule has 0 aliphatic heterocycles. The van der Waals surface area contributed by atoms with Crippen LogP contribution in [0.5, 0.6) is 0 Å². The van der Waals surface area contributed by atoms with Gasteiger partial charge in [-0.15, -0.1) is 0 Å². The molecular formula is C33H32Cl2FN3O4S. The summed E-state index contributed by atoms with van der Waals surface area (Å²) in [5, 5.41) is 3.50. The molecule has 2 amide bonds. The van der Waals surface area contributed by atoms with E-state index in [4.69, 9.17) is 23.2 Å². The molecule has 0 aliphatic rings. The number of likely N-dealkylation sites (N-methyl/N-ethyl adjacent to an activating group) is 1. The zero-order valence-electron chi connectivity index (χ0n) is 24.2. The third-order valence-electron chi connectivity index (χ3n) is 6.98. The monoisotopic (exact) mass is 655 g/mol. The zero-order valence-corrected chi connectivity index (χ0v) is 26.5. The number of rotatable bonds is 12. The number of halogens is 3. The molecule has 1 N–H and O–H groups in total. The van der Waals surface area contributed by atoms with Crippen LogP contribution >= 0.6 is 23.2 Å². The Kier molecular flexibility index (Phi) is 11.0. The highest BCUT2D eigenvalue weighted by molar-refractivity contribution is 7.92. The average Bonchev–Trinajstić information content (AvgIpc) is 3.00. The van der Waals surface area contributed by atoms with Crippen molar-refractivity contribution in [1.82, 2.24) is 10.2 Å². The first-order valence-corrected chi connectivity index (χ1v) is 16.1. The Morgan fingerprint density at radius 3 is 2.18 bits per heavy atom. The van der Waals surface area contributed by atoms with Gasteiger partial charge in [-0.3, -0.25) is 13.9 Å². The highest BCUT2D eigenvalue weighted by atomic mass is 35.5. The molecule has 0 aliphatic carbocycles. The normalized spacial score (nSPS) is 11.9. The SMILES string of the molecule is CCNC(=O)C(Cc1ccccc1)N(Cc1ccc(Cl)cc1Cl)C(=O)CN(c1ccc(C)cc1)S(=O)(=O)c1ccc(F)cc1. The largest absolute Gasteiger partial charge is 0.355 e. The van der Waals surface area contributed by atoms with E-state index in [1.807, 2.05) is 37.3 Å². The lowest BCUT2D eigenvalue weighted by molar-refractivity contribution is -0.140. The van der Waals surface area contributed by atoms with Crippen molar-refractivity contribution < 1.29 is 22.4 Å². The number of sulfonamides is 1. The van der Waals surface area contributed by atoms with Crippen molar-refractivity contribution in [3.8, 4) is 0 Å². The van der Waals surface area contributed by atoms with Crippen molar-refractivity contribution in [2.75, 3.05) is 17.4 Å².